The van der Waals surface area contributed by atoms with Crippen molar-refractivity contribution in [3.8, 4) is 21.1 Å². The number of hydrogen-bond donors (Lipinski definition) is 1. The van der Waals surface area contributed by atoms with Crippen LogP contribution < -0.4 is 10.9 Å². The number of nitrogens with zero attached hydrogens (tertiary/aromatic N) is 3. The zero-order chi connectivity index (χ0) is 20.2. The van der Waals surface area contributed by atoms with Gasteiger partial charge in [0.15, 0.2) is 0 Å². The number of thiophene rings is 1. The minimum Gasteiger partial charge on any atom is -0.350 e. The van der Waals surface area contributed by atoms with Crippen LogP contribution in [0.2, 0.25) is 0 Å². The molecule has 1 aromatic carbocycles. The van der Waals surface area contributed by atoms with Crippen molar-refractivity contribution in [2.75, 3.05) is 0 Å². The summed E-state index contributed by atoms with van der Waals surface area (Å²) in [7, 11) is 0. The number of halogens is 1. The van der Waals surface area contributed by atoms with Crippen molar-refractivity contribution < 1.29 is 9.18 Å². The highest BCUT2D eigenvalue weighted by Crippen LogP contribution is 2.29. The highest BCUT2D eigenvalue weighted by molar-refractivity contribution is 7.15. The summed E-state index contributed by atoms with van der Waals surface area (Å²) < 4.78 is 14.2. The quantitative estimate of drug-likeness (QED) is 0.512. The van der Waals surface area contributed by atoms with Gasteiger partial charge >= 0.3 is 0 Å². The molecular weight excluding hydrogens is 411 g/mol. The van der Waals surface area contributed by atoms with Crippen LogP contribution in [0.25, 0.3) is 21.1 Å². The monoisotopic (exact) mass is 426 g/mol. The molecule has 29 heavy (non-hydrogen) atoms. The predicted octanol–water partition coefficient (Wildman–Crippen LogP) is 3.55. The van der Waals surface area contributed by atoms with Crippen molar-refractivity contribution in [2.45, 2.75) is 13.1 Å². The Morgan fingerprint density at radius 3 is 2.76 bits per heavy atom. The average Bonchev–Trinajstić information content (AvgIpc) is 3.41. The number of nitrogens with one attached hydrogen (secondary N) is 1. The van der Waals surface area contributed by atoms with Crippen molar-refractivity contribution >= 4 is 28.6 Å². The molecule has 0 aliphatic heterocycles. The molecule has 3 aromatic heterocycles. The fourth-order valence-corrected chi connectivity index (χ4v) is 4.24. The van der Waals surface area contributed by atoms with Crippen LogP contribution in [0.1, 0.15) is 5.56 Å². The Morgan fingerprint density at radius 1 is 1.17 bits per heavy atom. The molecule has 0 fully saturated rings. The molecule has 0 atom stereocenters. The zero-order valence-electron chi connectivity index (χ0n) is 15.0. The molecule has 0 spiro atoms. The molecule has 4 aromatic rings. The van der Waals surface area contributed by atoms with E-state index in [0.717, 1.165) is 16.1 Å². The van der Waals surface area contributed by atoms with Gasteiger partial charge in [-0.3, -0.25) is 14.2 Å². The van der Waals surface area contributed by atoms with Crippen LogP contribution in [0.15, 0.2) is 64.5 Å². The largest absolute Gasteiger partial charge is 0.350 e. The van der Waals surface area contributed by atoms with Crippen LogP contribution in [0.3, 0.4) is 0 Å². The molecule has 146 valence electrons. The molecular formula is C20H15FN4O2S2. The molecule has 0 bridgehead atoms. The lowest BCUT2D eigenvalue weighted by Crippen LogP contribution is -2.32. The first kappa shape index (κ1) is 19.2. The first-order valence-electron chi connectivity index (χ1n) is 8.65. The van der Waals surface area contributed by atoms with Gasteiger partial charge in [0.05, 0.1) is 22.5 Å². The Labute approximate surface area is 173 Å². The second-order valence-electron chi connectivity index (χ2n) is 6.16. The summed E-state index contributed by atoms with van der Waals surface area (Å²) in [6.07, 6.45) is 2.80. The number of hydrogen-bond acceptors (Lipinski definition) is 6. The van der Waals surface area contributed by atoms with Crippen molar-refractivity contribution in [1.82, 2.24) is 19.9 Å². The zero-order valence-corrected chi connectivity index (χ0v) is 16.7. The Kier molecular flexibility index (Phi) is 5.59. The third kappa shape index (κ3) is 4.47. The molecule has 0 radical (unpaired) electrons. The first-order valence-corrected chi connectivity index (χ1v) is 10.4. The van der Waals surface area contributed by atoms with Crippen LogP contribution >= 0.6 is 22.7 Å². The highest BCUT2D eigenvalue weighted by Gasteiger charge is 2.14. The van der Waals surface area contributed by atoms with Crippen LogP contribution in [0.4, 0.5) is 4.39 Å². The van der Waals surface area contributed by atoms with E-state index in [-0.39, 0.29) is 30.4 Å². The van der Waals surface area contributed by atoms with Gasteiger partial charge in [-0.25, -0.2) is 14.4 Å². The summed E-state index contributed by atoms with van der Waals surface area (Å²) in [4.78, 5) is 34.7. The number of carbonyl (C=O) groups excluding carboxylic acids is 1. The minimum atomic E-state index is -0.339. The van der Waals surface area contributed by atoms with Crippen LogP contribution in [-0.4, -0.2) is 20.4 Å². The van der Waals surface area contributed by atoms with Crippen molar-refractivity contribution in [2.24, 2.45) is 0 Å². The van der Waals surface area contributed by atoms with E-state index in [1.165, 1.54) is 40.6 Å². The number of rotatable bonds is 6. The van der Waals surface area contributed by atoms with E-state index in [1.807, 2.05) is 22.9 Å². The maximum absolute atomic E-state index is 12.9. The van der Waals surface area contributed by atoms with Crippen LogP contribution in [0, 0.1) is 5.82 Å². The summed E-state index contributed by atoms with van der Waals surface area (Å²) in [6, 6.07) is 9.77. The molecule has 4 rings (SSSR count). The van der Waals surface area contributed by atoms with Gasteiger partial charge in [0.1, 0.15) is 17.4 Å². The van der Waals surface area contributed by atoms with E-state index in [9.17, 15) is 14.0 Å². The summed E-state index contributed by atoms with van der Waals surface area (Å²) in [5.41, 5.74) is 1.60. The van der Waals surface area contributed by atoms with E-state index in [2.05, 4.69) is 15.3 Å². The van der Waals surface area contributed by atoms with E-state index in [0.29, 0.717) is 10.6 Å². The standard InChI is InChI=1S/C20H15FN4O2S2/c21-14-5-3-13(4-6-14)8-23-18(26)10-25-12-22-9-15(20(25)27)19-24-16(11-29-19)17-2-1-7-28-17/h1-7,9,11-12H,8,10H2,(H,23,26). The number of aromatic nitrogens is 3. The molecule has 0 saturated carbocycles. The number of benzene rings is 1. The predicted molar refractivity (Wildman–Crippen MR) is 111 cm³/mol. The van der Waals surface area contributed by atoms with Gasteiger partial charge in [0, 0.05) is 18.1 Å². The van der Waals surface area contributed by atoms with Crippen LogP contribution in [-0.2, 0) is 17.9 Å². The van der Waals surface area contributed by atoms with Crippen molar-refractivity contribution in [3.63, 3.8) is 0 Å². The normalized spacial score (nSPS) is 10.8. The van der Waals surface area contributed by atoms with Crippen molar-refractivity contribution in [1.29, 1.82) is 0 Å². The lowest BCUT2D eigenvalue weighted by molar-refractivity contribution is -0.121. The van der Waals surface area contributed by atoms with Gasteiger partial charge in [0.25, 0.3) is 5.56 Å². The molecule has 3 heterocycles. The maximum atomic E-state index is 12.9. The highest BCUT2D eigenvalue weighted by atomic mass is 32.1. The second-order valence-corrected chi connectivity index (χ2v) is 7.96. The van der Waals surface area contributed by atoms with Gasteiger partial charge in [0.2, 0.25) is 5.91 Å². The maximum Gasteiger partial charge on any atom is 0.264 e. The Morgan fingerprint density at radius 2 is 2.00 bits per heavy atom. The molecule has 0 aliphatic rings. The summed E-state index contributed by atoms with van der Waals surface area (Å²) in [5, 5.41) is 7.14. The third-order valence-corrected chi connectivity index (χ3v) is 5.89. The Balaban J connectivity index is 1.47. The molecule has 0 aliphatic carbocycles. The van der Waals surface area contributed by atoms with Gasteiger partial charge in [-0.15, -0.1) is 22.7 Å². The van der Waals surface area contributed by atoms with Gasteiger partial charge in [-0.2, -0.15) is 0 Å². The third-order valence-electron chi connectivity index (χ3n) is 4.13. The topological polar surface area (TPSA) is 76.9 Å². The smallest absolute Gasteiger partial charge is 0.264 e. The number of carbonyl (C=O) groups is 1. The first-order chi connectivity index (χ1) is 14.1. The summed E-state index contributed by atoms with van der Waals surface area (Å²) >= 11 is 2.94. The number of amides is 1. The lowest BCUT2D eigenvalue weighted by atomic mass is 10.2. The summed E-state index contributed by atoms with van der Waals surface area (Å²) in [6.45, 7) is 0.0850. The van der Waals surface area contributed by atoms with E-state index in [1.54, 1.807) is 23.5 Å². The van der Waals surface area contributed by atoms with E-state index < -0.39 is 0 Å². The molecule has 9 heteroatoms. The SMILES string of the molecule is O=C(Cn1cncc(-c2nc(-c3cccs3)cs2)c1=O)NCc1ccc(F)cc1. The molecule has 1 N–H and O–H groups in total. The lowest BCUT2D eigenvalue weighted by Gasteiger charge is -2.08. The summed E-state index contributed by atoms with van der Waals surface area (Å²) in [5.74, 6) is -0.673. The molecule has 0 saturated heterocycles. The van der Waals surface area contributed by atoms with Gasteiger partial charge < -0.3 is 5.32 Å². The molecule has 1 amide bonds. The fraction of sp³-hybridized carbons (Fsp3) is 0.100. The van der Waals surface area contributed by atoms with E-state index >= 15 is 0 Å². The van der Waals surface area contributed by atoms with Crippen LogP contribution in [0.5, 0.6) is 0 Å². The Hall–Kier alpha value is -3.17. The Bertz CT molecular complexity index is 1180. The molecule has 0 unspecified atom stereocenters. The minimum absolute atomic E-state index is 0.163. The number of thiazole rings is 1. The second kappa shape index (κ2) is 8.46. The van der Waals surface area contributed by atoms with Crippen molar-refractivity contribution in [3.05, 3.63) is 81.4 Å². The fourth-order valence-electron chi connectivity index (χ4n) is 2.66. The van der Waals surface area contributed by atoms with Gasteiger partial charge in [-0.05, 0) is 29.1 Å². The molecule has 6 nitrogen and oxygen atoms in total. The van der Waals surface area contributed by atoms with E-state index in [4.69, 9.17) is 0 Å². The average molecular weight is 426 g/mol. The van der Waals surface area contributed by atoms with Gasteiger partial charge in [-0.1, -0.05) is 18.2 Å².